The monoisotopic (exact) mass is 209 g/mol. The van der Waals surface area contributed by atoms with Gasteiger partial charge in [-0.1, -0.05) is 0 Å². The minimum atomic E-state index is 0.338. The Bertz CT molecular complexity index is 337. The Hall–Kier alpha value is -1.40. The molecule has 0 spiro atoms. The summed E-state index contributed by atoms with van der Waals surface area (Å²) in [5.74, 6) is 7.39. The van der Waals surface area contributed by atoms with Crippen LogP contribution >= 0.6 is 0 Å². The summed E-state index contributed by atoms with van der Waals surface area (Å²) in [5.41, 5.74) is 2.51. The Morgan fingerprint density at radius 1 is 1.47 bits per heavy atom. The maximum atomic E-state index is 5.30. The molecule has 15 heavy (non-hydrogen) atoms. The van der Waals surface area contributed by atoms with Gasteiger partial charge in [0, 0.05) is 12.7 Å². The molecule has 4 N–H and O–H groups in total. The first kappa shape index (κ1) is 10.1. The van der Waals surface area contributed by atoms with Gasteiger partial charge >= 0.3 is 0 Å². The predicted molar refractivity (Wildman–Crippen MR) is 57.4 cm³/mol. The summed E-state index contributed by atoms with van der Waals surface area (Å²) in [5, 5.41) is 3.28. The van der Waals surface area contributed by atoms with Crippen LogP contribution in [0.1, 0.15) is 12.2 Å². The summed E-state index contributed by atoms with van der Waals surface area (Å²) in [7, 11) is 0. The number of ether oxygens (including phenoxy) is 1. The van der Waals surface area contributed by atoms with Crippen LogP contribution in [0.4, 0.5) is 11.6 Å². The Labute approximate surface area is 88.2 Å². The molecule has 0 saturated carbocycles. The second-order valence-electron chi connectivity index (χ2n) is 3.53. The van der Waals surface area contributed by atoms with E-state index in [0.717, 1.165) is 25.5 Å². The number of nitrogen functional groups attached to an aromatic ring is 1. The van der Waals surface area contributed by atoms with Gasteiger partial charge in [-0.05, 0) is 13.3 Å². The highest BCUT2D eigenvalue weighted by Gasteiger charge is 2.15. The van der Waals surface area contributed by atoms with E-state index in [1.54, 1.807) is 6.07 Å². The van der Waals surface area contributed by atoms with E-state index in [4.69, 9.17) is 10.6 Å². The van der Waals surface area contributed by atoms with Crippen LogP contribution in [0.2, 0.25) is 0 Å². The Morgan fingerprint density at radius 2 is 2.27 bits per heavy atom. The van der Waals surface area contributed by atoms with Gasteiger partial charge in [0.2, 0.25) is 0 Å². The number of anilines is 2. The molecule has 1 fully saturated rings. The molecule has 0 aromatic carbocycles. The highest BCUT2D eigenvalue weighted by atomic mass is 16.5. The number of hydrazine groups is 1. The number of nitrogens with one attached hydrogen (secondary N) is 2. The van der Waals surface area contributed by atoms with Crippen molar-refractivity contribution in [3.63, 3.8) is 0 Å². The van der Waals surface area contributed by atoms with Gasteiger partial charge < -0.3 is 15.5 Å². The van der Waals surface area contributed by atoms with Crippen molar-refractivity contribution in [1.29, 1.82) is 0 Å². The molecule has 2 rings (SSSR count). The normalized spacial score (nSPS) is 20.3. The van der Waals surface area contributed by atoms with Crippen molar-refractivity contribution in [3.05, 3.63) is 11.9 Å². The van der Waals surface area contributed by atoms with Gasteiger partial charge in [0.1, 0.15) is 17.5 Å². The van der Waals surface area contributed by atoms with Crippen LogP contribution in [-0.4, -0.2) is 29.2 Å². The largest absolute Gasteiger partial charge is 0.379 e. The summed E-state index contributed by atoms with van der Waals surface area (Å²) >= 11 is 0. The number of nitrogens with zero attached hydrogens (tertiary/aromatic N) is 2. The van der Waals surface area contributed by atoms with E-state index < -0.39 is 0 Å². The smallest absolute Gasteiger partial charge is 0.145 e. The van der Waals surface area contributed by atoms with Crippen molar-refractivity contribution in [3.8, 4) is 0 Å². The van der Waals surface area contributed by atoms with Crippen molar-refractivity contribution < 1.29 is 4.74 Å². The first-order valence-corrected chi connectivity index (χ1v) is 4.94. The zero-order valence-electron chi connectivity index (χ0n) is 8.66. The fourth-order valence-corrected chi connectivity index (χ4v) is 1.57. The Morgan fingerprint density at radius 3 is 2.93 bits per heavy atom. The molecule has 2 heterocycles. The van der Waals surface area contributed by atoms with Crippen LogP contribution in [0.25, 0.3) is 0 Å². The van der Waals surface area contributed by atoms with E-state index in [1.807, 2.05) is 6.92 Å². The molecule has 0 radical (unpaired) electrons. The van der Waals surface area contributed by atoms with E-state index >= 15 is 0 Å². The van der Waals surface area contributed by atoms with Gasteiger partial charge in [0.25, 0.3) is 0 Å². The van der Waals surface area contributed by atoms with Crippen molar-refractivity contribution in [2.45, 2.75) is 19.4 Å². The van der Waals surface area contributed by atoms with Crippen LogP contribution in [0.5, 0.6) is 0 Å². The summed E-state index contributed by atoms with van der Waals surface area (Å²) in [6.07, 6.45) is 1.01. The van der Waals surface area contributed by atoms with Gasteiger partial charge in [-0.3, -0.25) is 0 Å². The van der Waals surface area contributed by atoms with E-state index in [0.29, 0.717) is 17.7 Å². The van der Waals surface area contributed by atoms with E-state index in [9.17, 15) is 0 Å². The molecule has 6 heteroatoms. The van der Waals surface area contributed by atoms with Gasteiger partial charge in [-0.2, -0.15) is 0 Å². The molecule has 6 nitrogen and oxygen atoms in total. The van der Waals surface area contributed by atoms with Gasteiger partial charge in [0.15, 0.2) is 0 Å². The molecule has 1 aromatic rings. The summed E-state index contributed by atoms with van der Waals surface area (Å²) in [6.45, 7) is 3.37. The zero-order valence-corrected chi connectivity index (χ0v) is 8.66. The second kappa shape index (κ2) is 4.41. The summed E-state index contributed by atoms with van der Waals surface area (Å²) in [6, 6.07) is 2.12. The topological polar surface area (TPSA) is 85.1 Å². The number of hydrogen-bond donors (Lipinski definition) is 3. The average Bonchev–Trinajstić information content (AvgIpc) is 2.69. The lowest BCUT2D eigenvalue weighted by Gasteiger charge is -2.12. The van der Waals surface area contributed by atoms with Gasteiger partial charge in [-0.15, -0.1) is 0 Å². The molecular weight excluding hydrogens is 194 g/mol. The highest BCUT2D eigenvalue weighted by molar-refractivity contribution is 5.47. The zero-order chi connectivity index (χ0) is 10.7. The Kier molecular flexibility index (Phi) is 2.98. The molecule has 1 unspecified atom stereocenters. The molecule has 1 aliphatic rings. The van der Waals surface area contributed by atoms with Gasteiger partial charge in [-0.25, -0.2) is 15.8 Å². The predicted octanol–water partition coefficient (Wildman–Crippen LogP) is 0.271. The average molecular weight is 209 g/mol. The molecule has 0 bridgehead atoms. The lowest BCUT2D eigenvalue weighted by atomic mass is 10.2. The number of rotatable bonds is 3. The van der Waals surface area contributed by atoms with Crippen molar-refractivity contribution in [2.24, 2.45) is 5.84 Å². The third kappa shape index (κ3) is 2.54. The SMILES string of the molecule is Cc1nc(NN)cc(NC2CCOC2)n1. The van der Waals surface area contributed by atoms with Crippen molar-refractivity contribution in [2.75, 3.05) is 24.0 Å². The molecular formula is C9H15N5O. The minimum absolute atomic E-state index is 0.338. The number of nitrogens with two attached hydrogens (primary N) is 1. The van der Waals surface area contributed by atoms with E-state index in [-0.39, 0.29) is 0 Å². The van der Waals surface area contributed by atoms with Crippen LogP contribution in [-0.2, 0) is 4.74 Å². The highest BCUT2D eigenvalue weighted by Crippen LogP contribution is 2.14. The minimum Gasteiger partial charge on any atom is -0.379 e. The maximum absolute atomic E-state index is 5.30. The standard InChI is InChI=1S/C9H15N5O/c1-6-11-8(4-9(12-6)14-10)13-7-2-3-15-5-7/h4,7H,2-3,5,10H2,1H3,(H2,11,12,13,14). The van der Waals surface area contributed by atoms with E-state index in [2.05, 4.69) is 20.7 Å². The van der Waals surface area contributed by atoms with Crippen molar-refractivity contribution in [1.82, 2.24) is 9.97 Å². The maximum Gasteiger partial charge on any atom is 0.145 e. The number of aryl methyl sites for hydroxylation is 1. The summed E-state index contributed by atoms with van der Waals surface area (Å²) in [4.78, 5) is 8.38. The lowest BCUT2D eigenvalue weighted by Crippen LogP contribution is -2.20. The fourth-order valence-electron chi connectivity index (χ4n) is 1.57. The van der Waals surface area contributed by atoms with Crippen LogP contribution in [0.15, 0.2) is 6.07 Å². The first-order chi connectivity index (χ1) is 7.28. The summed E-state index contributed by atoms with van der Waals surface area (Å²) < 4.78 is 5.27. The second-order valence-corrected chi connectivity index (χ2v) is 3.53. The van der Waals surface area contributed by atoms with E-state index in [1.165, 1.54) is 0 Å². The molecule has 82 valence electrons. The number of hydrogen-bond acceptors (Lipinski definition) is 6. The van der Waals surface area contributed by atoms with Crippen LogP contribution < -0.4 is 16.6 Å². The molecule has 0 aliphatic carbocycles. The first-order valence-electron chi connectivity index (χ1n) is 4.94. The van der Waals surface area contributed by atoms with Crippen molar-refractivity contribution >= 4 is 11.6 Å². The number of aromatic nitrogens is 2. The molecule has 1 saturated heterocycles. The third-order valence-electron chi connectivity index (χ3n) is 2.27. The quantitative estimate of drug-likeness (QED) is 0.489. The fraction of sp³-hybridized carbons (Fsp3) is 0.556. The van der Waals surface area contributed by atoms with Crippen LogP contribution in [0, 0.1) is 6.92 Å². The molecule has 1 atom stereocenters. The molecule has 0 amide bonds. The lowest BCUT2D eigenvalue weighted by molar-refractivity contribution is 0.195. The molecule has 1 aliphatic heterocycles. The van der Waals surface area contributed by atoms with Gasteiger partial charge in [0.05, 0.1) is 12.6 Å². The molecule has 1 aromatic heterocycles. The third-order valence-corrected chi connectivity index (χ3v) is 2.27. The van der Waals surface area contributed by atoms with Crippen LogP contribution in [0.3, 0.4) is 0 Å². The Balaban J connectivity index is 2.09.